The molecule has 1 rings (SSSR count). The van der Waals surface area contributed by atoms with Crippen molar-refractivity contribution in [3.63, 3.8) is 0 Å². The standard InChI is InChI=1S/C17H21NO5S/c1-15-8-10-16(11-9-15)24(20,21)18(12-4-5-14-22-2)13-6-7-17(19)23-3/h6-11H,12-14H2,1-3H3/b7-6+. The van der Waals surface area contributed by atoms with Gasteiger partial charge < -0.3 is 9.47 Å². The summed E-state index contributed by atoms with van der Waals surface area (Å²) in [4.78, 5) is 11.3. The van der Waals surface area contributed by atoms with E-state index in [-0.39, 0.29) is 24.6 Å². The molecule has 7 heteroatoms. The van der Waals surface area contributed by atoms with Crippen LogP contribution in [0.3, 0.4) is 0 Å². The van der Waals surface area contributed by atoms with Crippen LogP contribution in [0.15, 0.2) is 41.3 Å². The number of carbonyl (C=O) groups is 1. The number of aryl methyl sites for hydroxylation is 1. The van der Waals surface area contributed by atoms with Crippen LogP contribution in [0.25, 0.3) is 0 Å². The summed E-state index contributed by atoms with van der Waals surface area (Å²) in [5.74, 6) is 4.91. The first-order valence-corrected chi connectivity index (χ1v) is 8.61. The maximum Gasteiger partial charge on any atom is 0.330 e. The molecular weight excluding hydrogens is 330 g/mol. The predicted molar refractivity (Wildman–Crippen MR) is 90.7 cm³/mol. The van der Waals surface area contributed by atoms with E-state index in [9.17, 15) is 13.2 Å². The number of hydrogen-bond acceptors (Lipinski definition) is 5. The summed E-state index contributed by atoms with van der Waals surface area (Å²) in [5.41, 5.74) is 0.964. The molecule has 0 fully saturated rings. The molecule has 6 nitrogen and oxygen atoms in total. The van der Waals surface area contributed by atoms with E-state index < -0.39 is 16.0 Å². The first kappa shape index (κ1) is 19.9. The highest BCUT2D eigenvalue weighted by Crippen LogP contribution is 2.16. The molecule has 0 aromatic heterocycles. The lowest BCUT2D eigenvalue weighted by molar-refractivity contribution is -0.134. The van der Waals surface area contributed by atoms with Crippen molar-refractivity contribution in [3.05, 3.63) is 42.0 Å². The number of hydrogen-bond donors (Lipinski definition) is 0. The van der Waals surface area contributed by atoms with Crippen LogP contribution in [0, 0.1) is 18.8 Å². The second-order valence-corrected chi connectivity index (χ2v) is 6.76. The molecule has 0 saturated heterocycles. The van der Waals surface area contributed by atoms with Gasteiger partial charge in [-0.3, -0.25) is 0 Å². The second kappa shape index (κ2) is 9.88. The third-order valence-electron chi connectivity index (χ3n) is 3.02. The summed E-state index contributed by atoms with van der Waals surface area (Å²) in [6.45, 7) is 2.10. The predicted octanol–water partition coefficient (Wildman–Crippen LogP) is 1.36. The summed E-state index contributed by atoms with van der Waals surface area (Å²) in [6, 6.07) is 6.55. The van der Waals surface area contributed by atoms with E-state index in [1.807, 2.05) is 6.92 Å². The van der Waals surface area contributed by atoms with Crippen LogP contribution in [-0.4, -0.2) is 52.6 Å². The average molecular weight is 351 g/mol. The van der Waals surface area contributed by atoms with Crippen molar-refractivity contribution in [1.29, 1.82) is 0 Å². The third-order valence-corrected chi connectivity index (χ3v) is 4.85. The first-order valence-electron chi connectivity index (χ1n) is 7.17. The fourth-order valence-electron chi connectivity index (χ4n) is 1.71. The normalized spacial score (nSPS) is 11.3. The maximum absolute atomic E-state index is 12.7. The molecule has 0 radical (unpaired) electrons. The zero-order valence-electron chi connectivity index (χ0n) is 14.0. The molecule has 0 aliphatic rings. The minimum atomic E-state index is -3.72. The molecule has 0 atom stereocenters. The third kappa shape index (κ3) is 6.16. The van der Waals surface area contributed by atoms with Crippen LogP contribution < -0.4 is 0 Å². The lowest BCUT2D eigenvalue weighted by Gasteiger charge is -2.18. The van der Waals surface area contributed by atoms with Crippen molar-refractivity contribution in [2.75, 3.05) is 33.9 Å². The lowest BCUT2D eigenvalue weighted by atomic mass is 10.2. The number of esters is 1. The van der Waals surface area contributed by atoms with Gasteiger partial charge in [0.2, 0.25) is 10.0 Å². The van der Waals surface area contributed by atoms with Gasteiger partial charge in [0.25, 0.3) is 0 Å². The van der Waals surface area contributed by atoms with Crippen molar-refractivity contribution in [1.82, 2.24) is 4.31 Å². The maximum atomic E-state index is 12.7. The molecule has 0 aliphatic heterocycles. The van der Waals surface area contributed by atoms with Crippen molar-refractivity contribution >= 4 is 16.0 Å². The van der Waals surface area contributed by atoms with Crippen LogP contribution in [0.5, 0.6) is 0 Å². The van der Waals surface area contributed by atoms with Crippen LogP contribution in [0.1, 0.15) is 5.56 Å². The Bertz CT molecular complexity index is 726. The topological polar surface area (TPSA) is 72.9 Å². The summed E-state index contributed by atoms with van der Waals surface area (Å²) < 4.78 is 35.9. The summed E-state index contributed by atoms with van der Waals surface area (Å²) >= 11 is 0. The Morgan fingerprint density at radius 2 is 1.88 bits per heavy atom. The van der Waals surface area contributed by atoms with Crippen LogP contribution >= 0.6 is 0 Å². The number of methoxy groups -OCH3 is 2. The van der Waals surface area contributed by atoms with Gasteiger partial charge in [0.15, 0.2) is 0 Å². The van der Waals surface area contributed by atoms with Crippen molar-refractivity contribution in [3.8, 4) is 11.8 Å². The first-order chi connectivity index (χ1) is 11.4. The number of ether oxygens (including phenoxy) is 2. The molecule has 24 heavy (non-hydrogen) atoms. The van der Waals surface area contributed by atoms with Crippen LogP contribution in [0.4, 0.5) is 0 Å². The molecule has 0 unspecified atom stereocenters. The molecule has 130 valence electrons. The van der Waals surface area contributed by atoms with Gasteiger partial charge in [-0.2, -0.15) is 4.31 Å². The Kier molecular flexibility index (Phi) is 8.19. The van der Waals surface area contributed by atoms with E-state index in [2.05, 4.69) is 16.6 Å². The monoisotopic (exact) mass is 351 g/mol. The smallest absolute Gasteiger partial charge is 0.330 e. The Morgan fingerprint density at radius 1 is 1.21 bits per heavy atom. The lowest BCUT2D eigenvalue weighted by Crippen LogP contribution is -2.32. The number of rotatable bonds is 7. The van der Waals surface area contributed by atoms with Gasteiger partial charge in [-0.1, -0.05) is 35.6 Å². The highest BCUT2D eigenvalue weighted by Gasteiger charge is 2.22. The minimum absolute atomic E-state index is 0.00692. The van der Waals surface area contributed by atoms with Crippen LogP contribution in [0.2, 0.25) is 0 Å². The van der Waals surface area contributed by atoms with Crippen molar-refractivity contribution in [2.24, 2.45) is 0 Å². The van der Waals surface area contributed by atoms with Crippen LogP contribution in [-0.2, 0) is 24.3 Å². The Balaban J connectivity index is 3.01. The van der Waals surface area contributed by atoms with Gasteiger partial charge in [-0.05, 0) is 19.1 Å². The number of nitrogens with zero attached hydrogens (tertiary/aromatic N) is 1. The molecule has 0 bridgehead atoms. The molecule has 0 spiro atoms. The van der Waals surface area contributed by atoms with Gasteiger partial charge >= 0.3 is 5.97 Å². The van der Waals surface area contributed by atoms with Gasteiger partial charge in [0.05, 0.1) is 18.6 Å². The molecule has 0 saturated carbocycles. The van der Waals surface area contributed by atoms with E-state index >= 15 is 0 Å². The summed E-state index contributed by atoms with van der Waals surface area (Å²) in [6.07, 6.45) is 2.61. The zero-order valence-corrected chi connectivity index (χ0v) is 14.8. The average Bonchev–Trinajstić information content (AvgIpc) is 2.57. The Labute approximate surface area is 143 Å². The quantitative estimate of drug-likeness (QED) is 0.421. The Hall–Kier alpha value is -2.14. The van der Waals surface area contributed by atoms with E-state index in [1.54, 1.807) is 24.3 Å². The molecule has 1 aromatic rings. The van der Waals surface area contributed by atoms with Gasteiger partial charge in [-0.15, -0.1) is 0 Å². The molecule has 1 aromatic carbocycles. The fourth-order valence-corrected chi connectivity index (χ4v) is 3.00. The molecule has 0 aliphatic carbocycles. The number of carbonyl (C=O) groups excluding carboxylic acids is 1. The second-order valence-electron chi connectivity index (χ2n) is 4.82. The van der Waals surface area contributed by atoms with E-state index in [0.29, 0.717) is 0 Å². The molecule has 0 N–H and O–H groups in total. The van der Waals surface area contributed by atoms with E-state index in [4.69, 9.17) is 4.74 Å². The SMILES string of the molecule is COCC#CCN(C/C=C/C(=O)OC)S(=O)(=O)c1ccc(C)cc1. The zero-order chi connectivity index (χ0) is 18.0. The fraction of sp³-hybridized carbons (Fsp3) is 0.353. The van der Waals surface area contributed by atoms with Gasteiger partial charge in [0.1, 0.15) is 6.61 Å². The Morgan fingerprint density at radius 3 is 2.46 bits per heavy atom. The van der Waals surface area contributed by atoms with Gasteiger partial charge in [-0.25, -0.2) is 13.2 Å². The summed E-state index contributed by atoms with van der Waals surface area (Å²) in [7, 11) is -0.961. The number of sulfonamides is 1. The van der Waals surface area contributed by atoms with Crippen molar-refractivity contribution in [2.45, 2.75) is 11.8 Å². The number of benzene rings is 1. The highest BCUT2D eigenvalue weighted by molar-refractivity contribution is 7.89. The van der Waals surface area contributed by atoms with E-state index in [0.717, 1.165) is 5.56 Å². The largest absolute Gasteiger partial charge is 0.466 e. The highest BCUT2D eigenvalue weighted by atomic mass is 32.2. The van der Waals surface area contributed by atoms with E-state index in [1.165, 1.54) is 30.7 Å². The molecular formula is C17H21NO5S. The summed E-state index contributed by atoms with van der Waals surface area (Å²) in [5, 5.41) is 0. The van der Waals surface area contributed by atoms with Gasteiger partial charge in [0, 0.05) is 19.7 Å². The molecule has 0 amide bonds. The molecule has 0 heterocycles. The van der Waals surface area contributed by atoms with Crippen molar-refractivity contribution < 1.29 is 22.7 Å². The minimum Gasteiger partial charge on any atom is -0.466 e.